The van der Waals surface area contributed by atoms with Gasteiger partial charge in [0.1, 0.15) is 11.5 Å². The highest BCUT2D eigenvalue weighted by atomic mass is 19.1. The lowest BCUT2D eigenvalue weighted by atomic mass is 10.0. The van der Waals surface area contributed by atoms with Gasteiger partial charge in [0, 0.05) is 17.8 Å². The number of hydrogen-bond donors (Lipinski definition) is 3. The molecule has 6 heteroatoms. The molecule has 5 nitrogen and oxygen atoms in total. The van der Waals surface area contributed by atoms with E-state index < -0.39 is 6.10 Å². The van der Waals surface area contributed by atoms with Crippen LogP contribution in [0.5, 0.6) is 0 Å². The largest absolute Gasteiger partial charge is 0.388 e. The fraction of sp³-hybridized carbons (Fsp3) is 0.294. The molecular weight excluding hydrogens is 299 g/mol. The number of rotatable bonds is 6. The second kappa shape index (κ2) is 7.19. The molecule has 2 aromatic rings. The number of nitrogens with one attached hydrogen (secondary N) is 2. The van der Waals surface area contributed by atoms with Gasteiger partial charge in [-0.15, -0.1) is 0 Å². The molecule has 1 aromatic carbocycles. The number of Topliss-reactive ketones (excluding diaryl/α,β-unsaturated/α-hetero) is 1. The van der Waals surface area contributed by atoms with Gasteiger partial charge in [-0.25, -0.2) is 4.39 Å². The Hall–Kier alpha value is -2.47. The maximum Gasteiger partial charge on any atom is 0.267 e. The minimum absolute atomic E-state index is 0.125. The zero-order valence-corrected chi connectivity index (χ0v) is 13.0. The van der Waals surface area contributed by atoms with Crippen LogP contribution in [0.25, 0.3) is 0 Å². The number of halogens is 1. The summed E-state index contributed by atoms with van der Waals surface area (Å²) < 4.78 is 12.9. The Kier molecular flexibility index (Phi) is 5.28. The zero-order valence-electron chi connectivity index (χ0n) is 13.0. The summed E-state index contributed by atoms with van der Waals surface area (Å²) in [6.45, 7) is 3.19. The van der Waals surface area contributed by atoms with Crippen LogP contribution in [-0.4, -0.2) is 27.8 Å². The molecule has 1 heterocycles. The van der Waals surface area contributed by atoms with Crippen molar-refractivity contribution in [3.05, 3.63) is 59.2 Å². The number of carbonyl (C=O) groups is 2. The maximum absolute atomic E-state index is 12.9. The van der Waals surface area contributed by atoms with Crippen LogP contribution in [-0.2, 0) is 0 Å². The van der Waals surface area contributed by atoms with Gasteiger partial charge in [-0.3, -0.25) is 9.59 Å². The fourth-order valence-corrected chi connectivity index (χ4v) is 2.25. The monoisotopic (exact) mass is 318 g/mol. The number of H-pyrrole nitrogens is 1. The Labute approximate surface area is 133 Å². The van der Waals surface area contributed by atoms with Gasteiger partial charge in [0.15, 0.2) is 5.78 Å². The van der Waals surface area contributed by atoms with E-state index in [0.29, 0.717) is 16.8 Å². The van der Waals surface area contributed by atoms with E-state index in [1.54, 1.807) is 6.92 Å². The average Bonchev–Trinajstić information content (AvgIpc) is 2.97. The molecule has 0 aliphatic heterocycles. The van der Waals surface area contributed by atoms with Crippen molar-refractivity contribution in [1.29, 1.82) is 0 Å². The Morgan fingerprint density at radius 1 is 1.30 bits per heavy atom. The highest BCUT2D eigenvalue weighted by molar-refractivity contribution is 5.99. The lowest BCUT2D eigenvalue weighted by molar-refractivity contribution is 0.0912. The second-order valence-corrected chi connectivity index (χ2v) is 5.54. The summed E-state index contributed by atoms with van der Waals surface area (Å²) in [6.07, 6.45) is 0.967. The summed E-state index contributed by atoms with van der Waals surface area (Å²) in [4.78, 5) is 26.0. The first-order chi connectivity index (χ1) is 10.9. The predicted molar refractivity (Wildman–Crippen MR) is 83.7 cm³/mol. The van der Waals surface area contributed by atoms with E-state index in [2.05, 4.69) is 10.3 Å². The highest BCUT2D eigenvalue weighted by Crippen LogP contribution is 2.18. The molecule has 1 aromatic heterocycles. The van der Waals surface area contributed by atoms with Crippen LogP contribution < -0.4 is 5.32 Å². The van der Waals surface area contributed by atoms with Gasteiger partial charge < -0.3 is 15.4 Å². The summed E-state index contributed by atoms with van der Waals surface area (Å²) >= 11 is 0. The molecule has 2 unspecified atom stereocenters. The Morgan fingerprint density at radius 2 is 1.96 bits per heavy atom. The minimum atomic E-state index is -0.803. The van der Waals surface area contributed by atoms with E-state index in [-0.39, 0.29) is 30.0 Å². The van der Waals surface area contributed by atoms with E-state index in [0.717, 1.165) is 0 Å². The van der Waals surface area contributed by atoms with Crippen molar-refractivity contribution in [2.24, 2.45) is 0 Å². The normalized spacial score (nSPS) is 13.4. The first kappa shape index (κ1) is 16.9. The van der Waals surface area contributed by atoms with Crippen molar-refractivity contribution in [3.8, 4) is 0 Å². The zero-order chi connectivity index (χ0) is 17.0. The first-order valence-electron chi connectivity index (χ1n) is 7.30. The van der Waals surface area contributed by atoms with E-state index in [9.17, 15) is 19.1 Å². The minimum Gasteiger partial charge on any atom is -0.388 e. The number of hydrogen-bond acceptors (Lipinski definition) is 3. The SMILES string of the molecule is CC(=O)c1c[nH]c(C(=O)NC(C)CC(O)c2ccc(F)cc2)c1. The Balaban J connectivity index is 1.92. The van der Waals surface area contributed by atoms with Crippen LogP contribution in [0.2, 0.25) is 0 Å². The van der Waals surface area contributed by atoms with Crippen molar-refractivity contribution in [3.63, 3.8) is 0 Å². The summed E-state index contributed by atoms with van der Waals surface area (Å²) in [6, 6.07) is 6.78. The molecule has 23 heavy (non-hydrogen) atoms. The third-order valence-electron chi connectivity index (χ3n) is 3.54. The maximum atomic E-state index is 12.9. The van der Waals surface area contributed by atoms with Crippen LogP contribution in [0, 0.1) is 5.82 Å². The third-order valence-corrected chi connectivity index (χ3v) is 3.54. The molecule has 3 N–H and O–H groups in total. The summed E-state index contributed by atoms with van der Waals surface area (Å²) in [5, 5.41) is 12.9. The quantitative estimate of drug-likeness (QED) is 0.716. The van der Waals surface area contributed by atoms with Gasteiger partial charge in [-0.1, -0.05) is 12.1 Å². The van der Waals surface area contributed by atoms with Crippen molar-refractivity contribution in [2.75, 3.05) is 0 Å². The fourth-order valence-electron chi connectivity index (χ4n) is 2.25. The molecule has 2 atom stereocenters. The van der Waals surface area contributed by atoms with Gasteiger partial charge >= 0.3 is 0 Å². The van der Waals surface area contributed by atoms with Gasteiger partial charge in [0.2, 0.25) is 0 Å². The molecule has 0 aliphatic rings. The highest BCUT2D eigenvalue weighted by Gasteiger charge is 2.17. The molecule has 0 spiro atoms. The van der Waals surface area contributed by atoms with Crippen LogP contribution in [0.4, 0.5) is 4.39 Å². The number of benzene rings is 1. The van der Waals surface area contributed by atoms with Crippen LogP contribution >= 0.6 is 0 Å². The lowest BCUT2D eigenvalue weighted by Gasteiger charge is -2.18. The van der Waals surface area contributed by atoms with E-state index in [1.807, 2.05) is 0 Å². The first-order valence-corrected chi connectivity index (χ1v) is 7.30. The standard InChI is InChI=1S/C17H19FN2O3/c1-10(7-16(22)12-3-5-14(18)6-4-12)20-17(23)15-8-13(9-19-15)11(2)21/h3-6,8-10,16,19,22H,7H2,1-2H3,(H,20,23). The number of carbonyl (C=O) groups excluding carboxylic acids is 2. The van der Waals surface area contributed by atoms with Crippen molar-refractivity contribution in [1.82, 2.24) is 10.3 Å². The van der Waals surface area contributed by atoms with E-state index in [1.165, 1.54) is 43.5 Å². The molecule has 0 saturated heterocycles. The summed E-state index contributed by atoms with van der Waals surface area (Å²) in [5.74, 6) is -0.841. The van der Waals surface area contributed by atoms with Crippen LogP contribution in [0.15, 0.2) is 36.5 Å². The molecule has 1 amide bonds. The van der Waals surface area contributed by atoms with Gasteiger partial charge in [0.25, 0.3) is 5.91 Å². The number of aromatic amines is 1. The molecule has 2 rings (SSSR count). The van der Waals surface area contributed by atoms with Gasteiger partial charge in [-0.05, 0) is 44.0 Å². The second-order valence-electron chi connectivity index (χ2n) is 5.54. The summed E-state index contributed by atoms with van der Waals surface area (Å²) in [7, 11) is 0. The number of aromatic nitrogens is 1. The molecule has 122 valence electrons. The van der Waals surface area contributed by atoms with Crippen LogP contribution in [0.3, 0.4) is 0 Å². The van der Waals surface area contributed by atoms with Crippen LogP contribution in [0.1, 0.15) is 52.8 Å². The van der Waals surface area contributed by atoms with Crippen molar-refractivity contribution in [2.45, 2.75) is 32.4 Å². The number of aliphatic hydroxyl groups is 1. The molecular formula is C17H19FN2O3. The molecule has 0 bridgehead atoms. The van der Waals surface area contributed by atoms with Gasteiger partial charge in [0.05, 0.1) is 6.10 Å². The Bertz CT molecular complexity index is 694. The summed E-state index contributed by atoms with van der Waals surface area (Å²) in [5.41, 5.74) is 1.32. The van der Waals surface area contributed by atoms with Gasteiger partial charge in [-0.2, -0.15) is 0 Å². The molecule has 0 fully saturated rings. The lowest BCUT2D eigenvalue weighted by Crippen LogP contribution is -2.34. The predicted octanol–water partition coefficient (Wildman–Crippen LogP) is 2.60. The smallest absolute Gasteiger partial charge is 0.267 e. The molecule has 0 aliphatic carbocycles. The average molecular weight is 318 g/mol. The number of aliphatic hydroxyl groups excluding tert-OH is 1. The van der Waals surface area contributed by atoms with Crippen molar-refractivity contribution < 1.29 is 19.1 Å². The number of ketones is 1. The molecule has 0 radical (unpaired) electrons. The van der Waals surface area contributed by atoms with Crippen molar-refractivity contribution >= 4 is 11.7 Å². The van der Waals surface area contributed by atoms with E-state index in [4.69, 9.17) is 0 Å². The topological polar surface area (TPSA) is 82.2 Å². The molecule has 0 saturated carbocycles. The number of amides is 1. The third kappa shape index (κ3) is 4.50. The van der Waals surface area contributed by atoms with E-state index >= 15 is 0 Å². The Morgan fingerprint density at radius 3 is 2.52 bits per heavy atom.